The van der Waals surface area contributed by atoms with Crippen molar-refractivity contribution in [1.82, 2.24) is 0 Å². The van der Waals surface area contributed by atoms with Crippen molar-refractivity contribution in [3.8, 4) is 11.5 Å². The second kappa shape index (κ2) is 4.22. The van der Waals surface area contributed by atoms with Gasteiger partial charge in [-0.1, -0.05) is 0 Å². The predicted octanol–water partition coefficient (Wildman–Crippen LogP) is 2.35. The van der Waals surface area contributed by atoms with E-state index < -0.39 is 0 Å². The molecule has 0 aliphatic heterocycles. The Morgan fingerprint density at radius 3 is 2.35 bits per heavy atom. The second-order valence-corrected chi connectivity index (χ2v) is 5.07. The number of ether oxygens (including phenoxy) is 2. The zero-order valence-corrected chi connectivity index (χ0v) is 11.1. The molecule has 1 fully saturated rings. The van der Waals surface area contributed by atoms with Crippen LogP contribution in [-0.4, -0.2) is 19.8 Å². The standard InChI is InChI=1S/C14H21NO2/c1-9-7-12(16-3)10(2)11(13(9)17-4)8-14(15)5-6-14/h7H,5-6,8,15H2,1-4H3. The minimum atomic E-state index is -0.0170. The third-order valence-electron chi connectivity index (χ3n) is 3.65. The van der Waals surface area contributed by atoms with E-state index in [-0.39, 0.29) is 5.54 Å². The fourth-order valence-corrected chi connectivity index (χ4v) is 2.33. The third kappa shape index (κ3) is 2.25. The molecule has 0 heterocycles. The lowest BCUT2D eigenvalue weighted by molar-refractivity contribution is 0.391. The summed E-state index contributed by atoms with van der Waals surface area (Å²) in [7, 11) is 3.42. The molecule has 17 heavy (non-hydrogen) atoms. The third-order valence-corrected chi connectivity index (χ3v) is 3.65. The van der Waals surface area contributed by atoms with Crippen LogP contribution in [0.15, 0.2) is 6.07 Å². The summed E-state index contributed by atoms with van der Waals surface area (Å²) in [6.07, 6.45) is 3.08. The summed E-state index contributed by atoms with van der Waals surface area (Å²) < 4.78 is 10.9. The highest BCUT2D eigenvalue weighted by atomic mass is 16.5. The molecule has 2 rings (SSSR count). The maximum atomic E-state index is 6.22. The minimum Gasteiger partial charge on any atom is -0.496 e. The van der Waals surface area contributed by atoms with E-state index in [1.807, 2.05) is 13.0 Å². The molecule has 0 atom stereocenters. The molecule has 3 heteroatoms. The highest BCUT2D eigenvalue weighted by Gasteiger charge is 2.39. The molecule has 0 aromatic heterocycles. The van der Waals surface area contributed by atoms with Crippen LogP contribution in [0.5, 0.6) is 11.5 Å². The summed E-state index contributed by atoms with van der Waals surface area (Å²) >= 11 is 0. The van der Waals surface area contributed by atoms with Crippen molar-refractivity contribution in [2.75, 3.05) is 14.2 Å². The smallest absolute Gasteiger partial charge is 0.125 e. The van der Waals surface area contributed by atoms with Gasteiger partial charge in [-0.15, -0.1) is 0 Å². The molecule has 1 aliphatic rings. The Hall–Kier alpha value is -1.22. The zero-order valence-electron chi connectivity index (χ0n) is 11.1. The normalized spacial score (nSPS) is 16.8. The molecule has 0 bridgehead atoms. The van der Waals surface area contributed by atoms with Crippen LogP contribution in [0.25, 0.3) is 0 Å². The van der Waals surface area contributed by atoms with Gasteiger partial charge >= 0.3 is 0 Å². The molecule has 2 N–H and O–H groups in total. The quantitative estimate of drug-likeness (QED) is 0.871. The molecule has 0 spiro atoms. The van der Waals surface area contributed by atoms with Crippen molar-refractivity contribution in [3.05, 3.63) is 22.8 Å². The van der Waals surface area contributed by atoms with Crippen LogP contribution in [0.4, 0.5) is 0 Å². The fourth-order valence-electron chi connectivity index (χ4n) is 2.33. The van der Waals surface area contributed by atoms with Crippen molar-refractivity contribution in [2.24, 2.45) is 5.73 Å². The first-order chi connectivity index (χ1) is 8.00. The first kappa shape index (κ1) is 12.2. The van der Waals surface area contributed by atoms with Gasteiger partial charge < -0.3 is 15.2 Å². The zero-order chi connectivity index (χ0) is 12.6. The lowest BCUT2D eigenvalue weighted by Gasteiger charge is -2.19. The first-order valence-corrected chi connectivity index (χ1v) is 6.00. The van der Waals surface area contributed by atoms with Crippen molar-refractivity contribution in [1.29, 1.82) is 0 Å². The van der Waals surface area contributed by atoms with Gasteiger partial charge in [0, 0.05) is 11.1 Å². The number of aryl methyl sites for hydroxylation is 1. The van der Waals surface area contributed by atoms with E-state index in [0.717, 1.165) is 41.9 Å². The number of hydrogen-bond acceptors (Lipinski definition) is 3. The summed E-state index contributed by atoms with van der Waals surface area (Å²) in [4.78, 5) is 0. The topological polar surface area (TPSA) is 44.5 Å². The van der Waals surface area contributed by atoms with Crippen LogP contribution in [-0.2, 0) is 6.42 Å². The average Bonchev–Trinajstić information content (AvgIpc) is 3.01. The van der Waals surface area contributed by atoms with E-state index in [9.17, 15) is 0 Å². The van der Waals surface area contributed by atoms with E-state index in [2.05, 4.69) is 6.92 Å². The molecule has 1 aromatic carbocycles. The van der Waals surface area contributed by atoms with Crippen LogP contribution < -0.4 is 15.2 Å². The summed E-state index contributed by atoms with van der Waals surface area (Å²) in [5.74, 6) is 1.88. The summed E-state index contributed by atoms with van der Waals surface area (Å²) in [6.45, 7) is 4.11. The molecule has 0 amide bonds. The predicted molar refractivity (Wildman–Crippen MR) is 68.9 cm³/mol. The van der Waals surface area contributed by atoms with Crippen molar-refractivity contribution in [3.63, 3.8) is 0 Å². The summed E-state index contributed by atoms with van der Waals surface area (Å²) in [5, 5.41) is 0. The molecule has 0 unspecified atom stereocenters. The van der Waals surface area contributed by atoms with Crippen molar-refractivity contribution < 1.29 is 9.47 Å². The monoisotopic (exact) mass is 235 g/mol. The first-order valence-electron chi connectivity index (χ1n) is 6.00. The Labute approximate surface area is 103 Å². The van der Waals surface area contributed by atoms with E-state index in [1.54, 1.807) is 14.2 Å². The highest BCUT2D eigenvalue weighted by Crippen LogP contribution is 2.41. The molecule has 1 saturated carbocycles. The van der Waals surface area contributed by atoms with Gasteiger partial charge in [-0.3, -0.25) is 0 Å². The Balaban J connectivity index is 2.48. The van der Waals surface area contributed by atoms with Gasteiger partial charge in [0.15, 0.2) is 0 Å². The number of hydrogen-bond donors (Lipinski definition) is 1. The molecule has 1 aromatic rings. The highest BCUT2D eigenvalue weighted by molar-refractivity contribution is 5.53. The van der Waals surface area contributed by atoms with Gasteiger partial charge in [0.2, 0.25) is 0 Å². The fraction of sp³-hybridized carbons (Fsp3) is 0.571. The minimum absolute atomic E-state index is 0.0170. The number of rotatable bonds is 4. The van der Waals surface area contributed by atoms with Crippen molar-refractivity contribution >= 4 is 0 Å². The molecule has 3 nitrogen and oxygen atoms in total. The van der Waals surface area contributed by atoms with E-state index in [1.165, 1.54) is 5.56 Å². The van der Waals surface area contributed by atoms with Crippen LogP contribution in [0.3, 0.4) is 0 Å². The molecular weight excluding hydrogens is 214 g/mol. The second-order valence-electron chi connectivity index (χ2n) is 5.07. The van der Waals surface area contributed by atoms with Crippen LogP contribution in [0.2, 0.25) is 0 Å². The molecule has 0 radical (unpaired) electrons. The van der Waals surface area contributed by atoms with Crippen molar-refractivity contribution in [2.45, 2.75) is 38.6 Å². The maximum absolute atomic E-state index is 6.22. The van der Waals surface area contributed by atoms with E-state index >= 15 is 0 Å². The lowest BCUT2D eigenvalue weighted by Crippen LogP contribution is -2.25. The molecule has 94 valence electrons. The van der Waals surface area contributed by atoms with Crippen LogP contribution in [0, 0.1) is 13.8 Å². The van der Waals surface area contributed by atoms with Gasteiger partial charge in [0.05, 0.1) is 14.2 Å². The van der Waals surface area contributed by atoms with E-state index in [4.69, 9.17) is 15.2 Å². The van der Waals surface area contributed by atoms with Gasteiger partial charge in [-0.05, 0) is 50.3 Å². The summed E-state index contributed by atoms with van der Waals surface area (Å²) in [5.41, 5.74) is 9.65. The van der Waals surface area contributed by atoms with Gasteiger partial charge in [-0.25, -0.2) is 0 Å². The number of nitrogens with two attached hydrogens (primary N) is 1. The van der Waals surface area contributed by atoms with Crippen LogP contribution in [0.1, 0.15) is 29.5 Å². The lowest BCUT2D eigenvalue weighted by atomic mass is 9.95. The Kier molecular flexibility index (Phi) is 3.04. The maximum Gasteiger partial charge on any atom is 0.125 e. The largest absolute Gasteiger partial charge is 0.496 e. The van der Waals surface area contributed by atoms with Gasteiger partial charge in [-0.2, -0.15) is 0 Å². The van der Waals surface area contributed by atoms with Crippen LogP contribution >= 0.6 is 0 Å². The Morgan fingerprint density at radius 1 is 1.24 bits per heavy atom. The van der Waals surface area contributed by atoms with Gasteiger partial charge in [0.1, 0.15) is 11.5 Å². The van der Waals surface area contributed by atoms with Gasteiger partial charge in [0.25, 0.3) is 0 Å². The average molecular weight is 235 g/mol. The number of methoxy groups -OCH3 is 2. The number of benzene rings is 1. The van der Waals surface area contributed by atoms with E-state index in [0.29, 0.717) is 0 Å². The Morgan fingerprint density at radius 2 is 1.88 bits per heavy atom. The molecular formula is C14H21NO2. The SMILES string of the molecule is COc1cc(C)c(OC)c(CC2(N)CC2)c1C. The molecule has 1 aliphatic carbocycles. The summed E-state index contributed by atoms with van der Waals surface area (Å²) in [6, 6.07) is 2.02. The molecule has 0 saturated heterocycles. The Bertz CT molecular complexity index is 436.